The van der Waals surface area contributed by atoms with Crippen molar-refractivity contribution in [3.63, 3.8) is 0 Å². The molecule has 0 aliphatic carbocycles. The average Bonchev–Trinajstić information content (AvgIpc) is 2.93. The fourth-order valence-corrected chi connectivity index (χ4v) is 2.49. The second kappa shape index (κ2) is 5.59. The third-order valence-electron chi connectivity index (χ3n) is 3.28. The lowest BCUT2D eigenvalue weighted by atomic mass is 10.2. The molecule has 1 aromatic heterocycles. The number of hydrogen-bond donors (Lipinski definition) is 0. The summed E-state index contributed by atoms with van der Waals surface area (Å²) in [5.41, 5.74) is 2.14. The molecule has 0 saturated heterocycles. The van der Waals surface area contributed by atoms with Crippen LogP contribution in [0.15, 0.2) is 36.7 Å². The van der Waals surface area contributed by atoms with Crippen molar-refractivity contribution < 1.29 is 9.47 Å². The topological polar surface area (TPSA) is 34.6 Å². The van der Waals surface area contributed by atoms with Crippen LogP contribution in [0.3, 0.4) is 0 Å². The molecule has 1 aromatic carbocycles. The molecule has 2 aromatic rings. The second-order valence-corrected chi connectivity index (χ2v) is 4.94. The van der Waals surface area contributed by atoms with Crippen LogP contribution in [0.4, 0.5) is 5.69 Å². The molecule has 0 fully saturated rings. The number of pyridine rings is 1. The minimum atomic E-state index is 0.298. The van der Waals surface area contributed by atoms with E-state index in [-0.39, 0.29) is 0 Å². The molecule has 0 N–H and O–H groups in total. The SMILES string of the molecule is CCN(Cc1ccc2c(c1)OCO2)c1ccncc1Cl. The van der Waals surface area contributed by atoms with Crippen LogP contribution in [0.2, 0.25) is 5.02 Å². The Kier molecular flexibility index (Phi) is 3.65. The summed E-state index contributed by atoms with van der Waals surface area (Å²) < 4.78 is 10.7. The molecule has 0 unspecified atom stereocenters. The van der Waals surface area contributed by atoms with E-state index in [4.69, 9.17) is 21.1 Å². The Labute approximate surface area is 122 Å². The van der Waals surface area contributed by atoms with E-state index in [2.05, 4.69) is 16.8 Å². The summed E-state index contributed by atoms with van der Waals surface area (Å²) in [6.07, 6.45) is 3.42. The Hall–Kier alpha value is -1.94. The zero-order valence-corrected chi connectivity index (χ0v) is 11.9. The van der Waals surface area contributed by atoms with E-state index >= 15 is 0 Å². The van der Waals surface area contributed by atoms with E-state index in [1.165, 1.54) is 0 Å². The van der Waals surface area contributed by atoms with Gasteiger partial charge < -0.3 is 14.4 Å². The Bertz CT molecular complexity index is 619. The average molecular weight is 291 g/mol. The minimum Gasteiger partial charge on any atom is -0.454 e. The van der Waals surface area contributed by atoms with E-state index in [9.17, 15) is 0 Å². The van der Waals surface area contributed by atoms with E-state index in [0.29, 0.717) is 11.8 Å². The number of aromatic nitrogens is 1. The van der Waals surface area contributed by atoms with E-state index in [1.807, 2.05) is 24.3 Å². The smallest absolute Gasteiger partial charge is 0.231 e. The molecule has 4 nitrogen and oxygen atoms in total. The van der Waals surface area contributed by atoms with Crippen molar-refractivity contribution in [2.24, 2.45) is 0 Å². The number of hydrogen-bond acceptors (Lipinski definition) is 4. The van der Waals surface area contributed by atoms with Gasteiger partial charge in [-0.05, 0) is 30.7 Å². The number of fused-ring (bicyclic) bond motifs is 1. The van der Waals surface area contributed by atoms with Gasteiger partial charge in [0.25, 0.3) is 0 Å². The van der Waals surface area contributed by atoms with Gasteiger partial charge >= 0.3 is 0 Å². The van der Waals surface area contributed by atoms with Crippen LogP contribution in [0.5, 0.6) is 11.5 Å². The lowest BCUT2D eigenvalue weighted by Gasteiger charge is -2.24. The molecule has 5 heteroatoms. The number of nitrogens with zero attached hydrogens (tertiary/aromatic N) is 2. The zero-order valence-electron chi connectivity index (χ0n) is 11.2. The Morgan fingerprint density at radius 1 is 1.25 bits per heavy atom. The molecule has 0 bridgehead atoms. The molecule has 20 heavy (non-hydrogen) atoms. The number of benzene rings is 1. The van der Waals surface area contributed by atoms with E-state index < -0.39 is 0 Å². The molecular weight excluding hydrogens is 276 g/mol. The summed E-state index contributed by atoms with van der Waals surface area (Å²) in [6, 6.07) is 7.93. The lowest BCUT2D eigenvalue weighted by molar-refractivity contribution is 0.174. The highest BCUT2D eigenvalue weighted by Crippen LogP contribution is 2.33. The Morgan fingerprint density at radius 2 is 2.10 bits per heavy atom. The first-order chi connectivity index (χ1) is 9.78. The molecule has 0 atom stereocenters. The van der Waals surface area contributed by atoms with Crippen LogP contribution >= 0.6 is 11.6 Å². The molecule has 0 amide bonds. The van der Waals surface area contributed by atoms with Crippen LogP contribution in [0.25, 0.3) is 0 Å². The van der Waals surface area contributed by atoms with Gasteiger partial charge in [0.15, 0.2) is 11.5 Å². The van der Waals surface area contributed by atoms with E-state index in [1.54, 1.807) is 12.4 Å². The zero-order chi connectivity index (χ0) is 13.9. The largest absolute Gasteiger partial charge is 0.454 e. The summed E-state index contributed by atoms with van der Waals surface area (Å²) in [5.74, 6) is 1.61. The predicted molar refractivity (Wildman–Crippen MR) is 78.5 cm³/mol. The molecule has 0 radical (unpaired) electrons. The summed E-state index contributed by atoms with van der Waals surface area (Å²) in [5, 5.41) is 0.662. The maximum absolute atomic E-state index is 6.21. The van der Waals surface area contributed by atoms with Crippen molar-refractivity contribution >= 4 is 17.3 Å². The van der Waals surface area contributed by atoms with Gasteiger partial charge in [-0.15, -0.1) is 0 Å². The molecular formula is C15H15ClN2O2. The number of ether oxygens (including phenoxy) is 2. The van der Waals surface area contributed by atoms with Gasteiger partial charge in [-0.3, -0.25) is 4.98 Å². The number of rotatable bonds is 4. The van der Waals surface area contributed by atoms with Crippen molar-refractivity contribution in [3.05, 3.63) is 47.2 Å². The third kappa shape index (κ3) is 2.51. The molecule has 0 saturated carbocycles. The first-order valence-corrected chi connectivity index (χ1v) is 6.88. The van der Waals surface area contributed by atoms with Gasteiger partial charge in [-0.25, -0.2) is 0 Å². The monoisotopic (exact) mass is 290 g/mol. The van der Waals surface area contributed by atoms with Crippen molar-refractivity contribution in [1.29, 1.82) is 0 Å². The van der Waals surface area contributed by atoms with Crippen LogP contribution in [0.1, 0.15) is 12.5 Å². The van der Waals surface area contributed by atoms with Gasteiger partial charge in [-0.2, -0.15) is 0 Å². The number of anilines is 1. The highest BCUT2D eigenvalue weighted by Gasteiger charge is 2.15. The van der Waals surface area contributed by atoms with Crippen LogP contribution < -0.4 is 14.4 Å². The fourth-order valence-electron chi connectivity index (χ4n) is 2.25. The molecule has 1 aliphatic heterocycles. The summed E-state index contributed by atoms with van der Waals surface area (Å²) in [7, 11) is 0. The second-order valence-electron chi connectivity index (χ2n) is 4.53. The van der Waals surface area contributed by atoms with Crippen molar-refractivity contribution in [1.82, 2.24) is 4.98 Å². The molecule has 2 heterocycles. The van der Waals surface area contributed by atoms with Gasteiger partial charge in [0.1, 0.15) is 0 Å². The third-order valence-corrected chi connectivity index (χ3v) is 3.58. The van der Waals surface area contributed by atoms with Crippen molar-refractivity contribution in [2.75, 3.05) is 18.2 Å². The van der Waals surface area contributed by atoms with Crippen LogP contribution in [0, 0.1) is 0 Å². The summed E-state index contributed by atoms with van der Waals surface area (Å²) >= 11 is 6.21. The summed E-state index contributed by atoms with van der Waals surface area (Å²) in [4.78, 5) is 6.22. The first-order valence-electron chi connectivity index (χ1n) is 6.51. The van der Waals surface area contributed by atoms with Gasteiger partial charge in [-0.1, -0.05) is 17.7 Å². The standard InChI is InChI=1S/C15H15ClN2O2/c1-2-18(13-5-6-17-8-12(13)16)9-11-3-4-14-15(7-11)20-10-19-14/h3-8H,2,9-10H2,1H3. The van der Waals surface area contributed by atoms with Crippen molar-refractivity contribution in [2.45, 2.75) is 13.5 Å². The molecule has 104 valence electrons. The molecule has 0 spiro atoms. The Morgan fingerprint density at radius 3 is 2.90 bits per heavy atom. The van der Waals surface area contributed by atoms with Crippen LogP contribution in [-0.4, -0.2) is 18.3 Å². The van der Waals surface area contributed by atoms with Crippen LogP contribution in [-0.2, 0) is 6.54 Å². The molecule has 1 aliphatic rings. The maximum Gasteiger partial charge on any atom is 0.231 e. The van der Waals surface area contributed by atoms with Crippen molar-refractivity contribution in [3.8, 4) is 11.5 Å². The lowest BCUT2D eigenvalue weighted by Crippen LogP contribution is -2.22. The predicted octanol–water partition coefficient (Wildman–Crippen LogP) is 3.49. The van der Waals surface area contributed by atoms with Gasteiger partial charge in [0.2, 0.25) is 6.79 Å². The normalized spacial score (nSPS) is 12.5. The highest BCUT2D eigenvalue weighted by atomic mass is 35.5. The maximum atomic E-state index is 6.21. The summed E-state index contributed by atoms with van der Waals surface area (Å²) in [6.45, 7) is 4.02. The van der Waals surface area contributed by atoms with E-state index in [0.717, 1.165) is 35.8 Å². The highest BCUT2D eigenvalue weighted by molar-refractivity contribution is 6.33. The Balaban J connectivity index is 1.83. The first kappa shape index (κ1) is 13.1. The van der Waals surface area contributed by atoms with Gasteiger partial charge in [0, 0.05) is 25.5 Å². The van der Waals surface area contributed by atoms with Gasteiger partial charge in [0.05, 0.1) is 10.7 Å². The number of halogens is 1. The quantitative estimate of drug-likeness (QED) is 0.863. The fraction of sp³-hybridized carbons (Fsp3) is 0.267. The molecule has 3 rings (SSSR count). The minimum absolute atomic E-state index is 0.298.